The quantitative estimate of drug-likeness (QED) is 0.717. The highest BCUT2D eigenvalue weighted by atomic mass is 16.5. The predicted molar refractivity (Wildman–Crippen MR) is 51.4 cm³/mol. The number of rotatable bonds is 4. The lowest BCUT2D eigenvalue weighted by atomic mass is 10.1. The number of nitrogens with zero attached hydrogens (tertiary/aromatic N) is 1. The maximum atomic E-state index is 9.57. The largest absolute Gasteiger partial charge is 0.491 e. The zero-order valence-electron chi connectivity index (χ0n) is 8.23. The first kappa shape index (κ1) is 10.7. The Hall–Kier alpha value is -1.33. The molecule has 1 atom stereocenters. The van der Waals surface area contributed by atoms with Crippen LogP contribution in [0.4, 0.5) is 0 Å². The Labute approximate surface area is 82.5 Å². The standard InChI is InChI=1S/C9H14N2O3/c1-13-8-6(7(12)5-10)3-4-11-9(8)14-2/h3-4,7,12H,5,10H2,1-2H3. The molecular formula is C9H14N2O3. The highest BCUT2D eigenvalue weighted by molar-refractivity contribution is 5.42. The van der Waals surface area contributed by atoms with E-state index in [4.69, 9.17) is 15.2 Å². The van der Waals surface area contributed by atoms with E-state index < -0.39 is 6.10 Å². The minimum atomic E-state index is -0.762. The molecule has 1 unspecified atom stereocenters. The summed E-state index contributed by atoms with van der Waals surface area (Å²) in [6, 6.07) is 1.65. The van der Waals surface area contributed by atoms with E-state index >= 15 is 0 Å². The molecule has 0 saturated carbocycles. The fraction of sp³-hybridized carbons (Fsp3) is 0.444. The van der Waals surface area contributed by atoms with Crippen LogP contribution in [0.5, 0.6) is 11.6 Å². The van der Waals surface area contributed by atoms with E-state index in [9.17, 15) is 5.11 Å². The number of methoxy groups -OCH3 is 2. The molecule has 0 spiro atoms. The molecule has 0 aliphatic carbocycles. The summed E-state index contributed by atoms with van der Waals surface area (Å²) >= 11 is 0. The van der Waals surface area contributed by atoms with Crippen molar-refractivity contribution < 1.29 is 14.6 Å². The molecule has 0 bridgehead atoms. The smallest absolute Gasteiger partial charge is 0.257 e. The van der Waals surface area contributed by atoms with Crippen LogP contribution in [0.2, 0.25) is 0 Å². The lowest BCUT2D eigenvalue weighted by Crippen LogP contribution is -2.13. The third-order valence-corrected chi connectivity index (χ3v) is 1.88. The zero-order chi connectivity index (χ0) is 10.6. The number of hydrogen-bond donors (Lipinski definition) is 2. The summed E-state index contributed by atoms with van der Waals surface area (Å²) in [6.07, 6.45) is 0.775. The SMILES string of the molecule is COc1nccc(C(O)CN)c1OC. The van der Waals surface area contributed by atoms with Crippen LogP contribution >= 0.6 is 0 Å². The third-order valence-electron chi connectivity index (χ3n) is 1.88. The summed E-state index contributed by atoms with van der Waals surface area (Å²) in [5, 5.41) is 9.57. The van der Waals surface area contributed by atoms with Crippen LogP contribution in [0.15, 0.2) is 12.3 Å². The Kier molecular flexibility index (Phi) is 3.67. The maximum Gasteiger partial charge on any atom is 0.257 e. The first-order valence-electron chi connectivity index (χ1n) is 4.19. The summed E-state index contributed by atoms with van der Waals surface area (Å²) in [7, 11) is 2.98. The second-order valence-corrected chi connectivity index (χ2v) is 2.69. The van der Waals surface area contributed by atoms with E-state index in [2.05, 4.69) is 4.98 Å². The first-order valence-corrected chi connectivity index (χ1v) is 4.19. The van der Waals surface area contributed by atoms with Crippen molar-refractivity contribution in [2.45, 2.75) is 6.10 Å². The lowest BCUT2D eigenvalue weighted by Gasteiger charge is -2.14. The molecule has 1 heterocycles. The summed E-state index contributed by atoms with van der Waals surface area (Å²) < 4.78 is 10.1. The Morgan fingerprint density at radius 2 is 2.21 bits per heavy atom. The Morgan fingerprint density at radius 1 is 1.50 bits per heavy atom. The van der Waals surface area contributed by atoms with E-state index in [-0.39, 0.29) is 6.54 Å². The van der Waals surface area contributed by atoms with Gasteiger partial charge < -0.3 is 20.3 Å². The first-order chi connectivity index (χ1) is 6.74. The normalized spacial score (nSPS) is 12.3. The molecule has 1 aromatic heterocycles. The van der Waals surface area contributed by atoms with Gasteiger partial charge in [-0.1, -0.05) is 0 Å². The van der Waals surface area contributed by atoms with Gasteiger partial charge in [-0.15, -0.1) is 0 Å². The number of aromatic nitrogens is 1. The molecular weight excluding hydrogens is 184 g/mol. The zero-order valence-corrected chi connectivity index (χ0v) is 8.23. The summed E-state index contributed by atoms with van der Waals surface area (Å²) in [6.45, 7) is 0.128. The molecule has 0 amide bonds. The van der Waals surface area contributed by atoms with E-state index in [0.29, 0.717) is 17.2 Å². The average molecular weight is 198 g/mol. The van der Waals surface area contributed by atoms with Crippen molar-refractivity contribution in [3.63, 3.8) is 0 Å². The molecule has 5 heteroatoms. The average Bonchev–Trinajstić information content (AvgIpc) is 2.26. The van der Waals surface area contributed by atoms with E-state index in [1.807, 2.05) is 0 Å². The van der Waals surface area contributed by atoms with Crippen LogP contribution in [0.3, 0.4) is 0 Å². The number of aliphatic hydroxyl groups excluding tert-OH is 1. The van der Waals surface area contributed by atoms with E-state index in [1.165, 1.54) is 20.4 Å². The van der Waals surface area contributed by atoms with Crippen molar-refractivity contribution in [2.24, 2.45) is 5.73 Å². The topological polar surface area (TPSA) is 77.6 Å². The minimum absolute atomic E-state index is 0.128. The Bertz CT molecular complexity index is 304. The molecule has 0 fully saturated rings. The van der Waals surface area contributed by atoms with Gasteiger partial charge in [0.1, 0.15) is 0 Å². The number of aliphatic hydroxyl groups is 1. The molecule has 1 aromatic rings. The van der Waals surface area contributed by atoms with Crippen molar-refractivity contribution in [1.82, 2.24) is 4.98 Å². The molecule has 0 radical (unpaired) electrons. The lowest BCUT2D eigenvalue weighted by molar-refractivity contribution is 0.180. The van der Waals surface area contributed by atoms with Crippen molar-refractivity contribution in [2.75, 3.05) is 20.8 Å². The van der Waals surface area contributed by atoms with Gasteiger partial charge in [-0.05, 0) is 6.07 Å². The molecule has 3 N–H and O–H groups in total. The van der Waals surface area contributed by atoms with E-state index in [0.717, 1.165) is 0 Å². The van der Waals surface area contributed by atoms with Gasteiger partial charge in [-0.3, -0.25) is 0 Å². The van der Waals surface area contributed by atoms with Gasteiger partial charge in [0, 0.05) is 18.3 Å². The van der Waals surface area contributed by atoms with Crippen LogP contribution in [0.1, 0.15) is 11.7 Å². The van der Waals surface area contributed by atoms with Crippen LogP contribution in [0, 0.1) is 0 Å². The van der Waals surface area contributed by atoms with Gasteiger partial charge in [0.15, 0.2) is 5.75 Å². The molecule has 0 aliphatic rings. The third kappa shape index (κ3) is 1.94. The van der Waals surface area contributed by atoms with Crippen LogP contribution in [-0.4, -0.2) is 30.9 Å². The summed E-state index contributed by atoms with van der Waals surface area (Å²) in [5.74, 6) is 0.769. The highest BCUT2D eigenvalue weighted by Crippen LogP contribution is 2.31. The van der Waals surface area contributed by atoms with Crippen LogP contribution in [0.25, 0.3) is 0 Å². The fourth-order valence-corrected chi connectivity index (χ4v) is 1.18. The van der Waals surface area contributed by atoms with Gasteiger partial charge in [0.25, 0.3) is 5.88 Å². The van der Waals surface area contributed by atoms with Crippen molar-refractivity contribution in [3.05, 3.63) is 17.8 Å². The Morgan fingerprint density at radius 3 is 2.71 bits per heavy atom. The summed E-state index contributed by atoms with van der Waals surface area (Å²) in [4.78, 5) is 3.95. The van der Waals surface area contributed by atoms with Gasteiger partial charge in [0.2, 0.25) is 0 Å². The second kappa shape index (κ2) is 4.78. The van der Waals surface area contributed by atoms with Crippen molar-refractivity contribution in [3.8, 4) is 11.6 Å². The van der Waals surface area contributed by atoms with Gasteiger partial charge in [-0.25, -0.2) is 4.98 Å². The predicted octanol–water partition coefficient (Wildman–Crippen LogP) is 0.0909. The molecule has 0 aromatic carbocycles. The summed E-state index contributed by atoms with van der Waals surface area (Å²) in [5.41, 5.74) is 5.94. The van der Waals surface area contributed by atoms with Gasteiger partial charge >= 0.3 is 0 Å². The number of pyridine rings is 1. The van der Waals surface area contributed by atoms with Crippen molar-refractivity contribution >= 4 is 0 Å². The molecule has 0 aliphatic heterocycles. The maximum absolute atomic E-state index is 9.57. The monoisotopic (exact) mass is 198 g/mol. The van der Waals surface area contributed by atoms with Gasteiger partial charge in [0.05, 0.1) is 20.3 Å². The fourth-order valence-electron chi connectivity index (χ4n) is 1.18. The van der Waals surface area contributed by atoms with Crippen LogP contribution < -0.4 is 15.2 Å². The van der Waals surface area contributed by atoms with Crippen LogP contribution in [-0.2, 0) is 0 Å². The minimum Gasteiger partial charge on any atom is -0.491 e. The molecule has 5 nitrogen and oxygen atoms in total. The van der Waals surface area contributed by atoms with Gasteiger partial charge in [-0.2, -0.15) is 0 Å². The Balaban J connectivity index is 3.14. The van der Waals surface area contributed by atoms with Crippen molar-refractivity contribution in [1.29, 1.82) is 0 Å². The molecule has 78 valence electrons. The number of nitrogens with two attached hydrogens (primary N) is 1. The second-order valence-electron chi connectivity index (χ2n) is 2.69. The molecule has 1 rings (SSSR count). The molecule has 0 saturated heterocycles. The highest BCUT2D eigenvalue weighted by Gasteiger charge is 2.16. The molecule has 14 heavy (non-hydrogen) atoms. The number of ether oxygens (including phenoxy) is 2. The van der Waals surface area contributed by atoms with E-state index in [1.54, 1.807) is 6.07 Å². The number of hydrogen-bond acceptors (Lipinski definition) is 5.